The van der Waals surface area contributed by atoms with Gasteiger partial charge >= 0.3 is 0 Å². The van der Waals surface area contributed by atoms with E-state index < -0.39 is 6.04 Å². The number of hydrogen-bond donors (Lipinski definition) is 1. The molecular formula is C23H21BrIN3O3. The first-order valence-corrected chi connectivity index (χ1v) is 10.5. The molecule has 1 aliphatic rings. The molecule has 160 valence electrons. The van der Waals surface area contributed by atoms with Crippen molar-refractivity contribution in [3.63, 3.8) is 0 Å². The van der Waals surface area contributed by atoms with Crippen molar-refractivity contribution in [2.45, 2.75) is 19.5 Å². The van der Waals surface area contributed by atoms with Crippen molar-refractivity contribution in [1.29, 1.82) is 0 Å². The molecule has 2 aromatic carbocycles. The molecule has 4 rings (SSSR count). The molecule has 2 amide bonds. The van der Waals surface area contributed by atoms with Gasteiger partial charge in [0, 0.05) is 28.0 Å². The number of carbonyl (C=O) groups excluding carboxylic acids is 2. The summed E-state index contributed by atoms with van der Waals surface area (Å²) in [6.45, 7) is 2.67. The maximum absolute atomic E-state index is 13.4. The van der Waals surface area contributed by atoms with Crippen molar-refractivity contribution < 1.29 is 42.9 Å². The van der Waals surface area contributed by atoms with Crippen molar-refractivity contribution >= 4 is 39.1 Å². The molecule has 0 aliphatic carbocycles. The number of nitrogens with zero attached hydrogens (tertiary/aromatic N) is 2. The van der Waals surface area contributed by atoms with Crippen LogP contribution < -0.4 is 43.5 Å². The summed E-state index contributed by atoms with van der Waals surface area (Å²) in [6.07, 6.45) is 1.82. The van der Waals surface area contributed by atoms with Crippen molar-refractivity contribution in [2.24, 2.45) is 0 Å². The van der Waals surface area contributed by atoms with Gasteiger partial charge in [-0.1, -0.05) is 22.0 Å². The highest BCUT2D eigenvalue weighted by molar-refractivity contribution is 9.10. The predicted molar refractivity (Wildman–Crippen MR) is 117 cm³/mol. The molecule has 6 nitrogen and oxygen atoms in total. The third-order valence-electron chi connectivity index (χ3n) is 4.87. The number of rotatable bonds is 5. The third-order valence-corrected chi connectivity index (χ3v) is 5.40. The minimum atomic E-state index is -0.791. The zero-order chi connectivity index (χ0) is 21.1. The maximum Gasteiger partial charge on any atom is 0.294 e. The lowest BCUT2D eigenvalue weighted by atomic mass is 10.0. The molecule has 0 saturated carbocycles. The van der Waals surface area contributed by atoms with Gasteiger partial charge < -0.3 is 34.0 Å². The van der Waals surface area contributed by atoms with Crippen LogP contribution in [-0.2, 0) is 16.1 Å². The first kappa shape index (κ1) is 23.2. The number of fused-ring (bicyclic) bond motifs is 1. The molecule has 0 radical (unpaired) electrons. The average Bonchev–Trinajstić information content (AvgIpc) is 2.75. The van der Waals surface area contributed by atoms with Gasteiger partial charge in [-0.25, -0.2) is 0 Å². The molecule has 1 atom stereocenters. The Morgan fingerprint density at radius 1 is 1.13 bits per heavy atom. The Labute approximate surface area is 206 Å². The fourth-order valence-corrected chi connectivity index (χ4v) is 3.80. The predicted octanol–water partition coefficient (Wildman–Crippen LogP) is 0.866. The molecule has 1 aliphatic heterocycles. The smallest absolute Gasteiger partial charge is 0.294 e. The second kappa shape index (κ2) is 10.2. The van der Waals surface area contributed by atoms with Gasteiger partial charge in [0.1, 0.15) is 5.75 Å². The Kier molecular flexibility index (Phi) is 7.66. The average molecular weight is 594 g/mol. The molecule has 1 N–H and O–H groups in total. The number of carbonyl (C=O) groups is 2. The van der Waals surface area contributed by atoms with E-state index in [1.165, 1.54) is 0 Å². The molecular weight excluding hydrogens is 573 g/mol. The molecule has 31 heavy (non-hydrogen) atoms. The largest absolute Gasteiger partial charge is 1.00 e. The van der Waals surface area contributed by atoms with E-state index in [4.69, 9.17) is 4.74 Å². The lowest BCUT2D eigenvalue weighted by molar-refractivity contribution is -0.695. The molecule has 8 heteroatoms. The van der Waals surface area contributed by atoms with Crippen LogP contribution in [0.4, 0.5) is 11.4 Å². The highest BCUT2D eigenvalue weighted by atomic mass is 127. The number of halogens is 2. The van der Waals surface area contributed by atoms with Gasteiger partial charge in [0.05, 0.1) is 6.61 Å². The molecule has 0 saturated heterocycles. The van der Waals surface area contributed by atoms with Crippen LogP contribution in [-0.4, -0.2) is 18.4 Å². The minimum Gasteiger partial charge on any atom is -1.00 e. The number of ether oxygens (including phenoxy) is 1. The van der Waals surface area contributed by atoms with Gasteiger partial charge in [0.15, 0.2) is 6.20 Å². The van der Waals surface area contributed by atoms with Crippen LogP contribution in [0.25, 0.3) is 0 Å². The standard InChI is InChI=1S/C23H20BrN3O3.HI/c1-2-30-19-12-8-17(9-13-19)25-23(29)22-20-5-3-4-14-26(20)15-21(28)27(22)18-10-6-16(24)7-11-18;/h3-14,22H,2,15H2,1H3;1H. The number of benzene rings is 2. The Morgan fingerprint density at radius 3 is 2.52 bits per heavy atom. The molecule has 2 heterocycles. The second-order valence-electron chi connectivity index (χ2n) is 6.84. The Bertz CT molecular complexity index is 1070. The van der Waals surface area contributed by atoms with Gasteiger partial charge in [0.25, 0.3) is 11.8 Å². The van der Waals surface area contributed by atoms with Crippen molar-refractivity contribution in [2.75, 3.05) is 16.8 Å². The van der Waals surface area contributed by atoms with Crippen LogP contribution in [0, 0.1) is 0 Å². The summed E-state index contributed by atoms with van der Waals surface area (Å²) >= 11 is 3.42. The number of hydrogen-bond acceptors (Lipinski definition) is 3. The molecule has 0 fully saturated rings. The summed E-state index contributed by atoms with van der Waals surface area (Å²) in [5.74, 6) is 0.309. The molecule has 1 aromatic heterocycles. The Morgan fingerprint density at radius 2 is 1.84 bits per heavy atom. The van der Waals surface area contributed by atoms with Gasteiger partial charge in [-0.05, 0) is 55.5 Å². The van der Waals surface area contributed by atoms with E-state index in [1.54, 1.807) is 29.2 Å². The lowest BCUT2D eigenvalue weighted by Gasteiger charge is -2.32. The lowest BCUT2D eigenvalue weighted by Crippen LogP contribution is -3.00. The van der Waals surface area contributed by atoms with Gasteiger partial charge in [0.2, 0.25) is 18.3 Å². The number of amides is 2. The van der Waals surface area contributed by atoms with Gasteiger partial charge in [-0.2, -0.15) is 4.57 Å². The normalized spacial score (nSPS) is 15.0. The number of nitrogens with one attached hydrogen (secondary N) is 1. The van der Waals surface area contributed by atoms with E-state index in [1.807, 2.05) is 60.2 Å². The van der Waals surface area contributed by atoms with Crippen LogP contribution in [0.15, 0.2) is 77.4 Å². The summed E-state index contributed by atoms with van der Waals surface area (Å²) in [6, 6.07) is 19.4. The number of pyridine rings is 1. The zero-order valence-corrected chi connectivity index (χ0v) is 20.5. The minimum absolute atomic E-state index is 0. The maximum atomic E-state index is 13.4. The summed E-state index contributed by atoms with van der Waals surface area (Å²) in [7, 11) is 0. The third kappa shape index (κ3) is 5.07. The van der Waals surface area contributed by atoms with Crippen molar-refractivity contribution in [3.05, 3.63) is 83.1 Å². The summed E-state index contributed by atoms with van der Waals surface area (Å²) in [5, 5.41) is 2.94. The van der Waals surface area contributed by atoms with Crippen LogP contribution in [0.5, 0.6) is 5.75 Å². The SMILES string of the molecule is CCOc1ccc(NC(=O)C2c3cccc[n+]3CC(=O)N2c2ccc(Br)cc2)cc1.[I-]. The van der Waals surface area contributed by atoms with Crippen LogP contribution in [0.1, 0.15) is 18.7 Å². The molecule has 1 unspecified atom stereocenters. The van der Waals surface area contributed by atoms with E-state index in [2.05, 4.69) is 21.2 Å². The van der Waals surface area contributed by atoms with Crippen LogP contribution in [0.2, 0.25) is 0 Å². The quantitative estimate of drug-likeness (QED) is 0.353. The van der Waals surface area contributed by atoms with E-state index in [0.717, 1.165) is 15.9 Å². The van der Waals surface area contributed by atoms with Gasteiger partial charge in [-0.15, -0.1) is 0 Å². The number of aromatic nitrogens is 1. The number of anilines is 2. The Hall–Kier alpha value is -2.46. The van der Waals surface area contributed by atoms with E-state index in [0.29, 0.717) is 18.0 Å². The van der Waals surface area contributed by atoms with Crippen LogP contribution in [0.3, 0.4) is 0 Å². The topological polar surface area (TPSA) is 62.5 Å². The van der Waals surface area contributed by atoms with Crippen LogP contribution >= 0.6 is 15.9 Å². The van der Waals surface area contributed by atoms with Gasteiger partial charge in [-0.3, -0.25) is 14.5 Å². The zero-order valence-electron chi connectivity index (χ0n) is 16.8. The Balaban J connectivity index is 0.00000272. The second-order valence-corrected chi connectivity index (χ2v) is 7.76. The first-order valence-electron chi connectivity index (χ1n) is 9.66. The van der Waals surface area contributed by atoms with E-state index >= 15 is 0 Å². The fraction of sp³-hybridized carbons (Fsp3) is 0.174. The van der Waals surface area contributed by atoms with E-state index in [9.17, 15) is 9.59 Å². The molecule has 3 aromatic rings. The first-order chi connectivity index (χ1) is 14.6. The summed E-state index contributed by atoms with van der Waals surface area (Å²) in [5.41, 5.74) is 2.06. The summed E-state index contributed by atoms with van der Waals surface area (Å²) < 4.78 is 8.18. The van der Waals surface area contributed by atoms with E-state index in [-0.39, 0.29) is 42.3 Å². The molecule has 0 spiro atoms. The monoisotopic (exact) mass is 593 g/mol. The molecule has 0 bridgehead atoms. The fourth-order valence-electron chi connectivity index (χ4n) is 3.54. The highest BCUT2D eigenvalue weighted by Gasteiger charge is 2.43. The highest BCUT2D eigenvalue weighted by Crippen LogP contribution is 2.31. The van der Waals surface area contributed by atoms with Crippen molar-refractivity contribution in [1.82, 2.24) is 0 Å². The summed E-state index contributed by atoms with van der Waals surface area (Å²) in [4.78, 5) is 28.0. The van der Waals surface area contributed by atoms with Crippen molar-refractivity contribution in [3.8, 4) is 5.75 Å².